The smallest absolute Gasteiger partial charge is 0.293 e. The van der Waals surface area contributed by atoms with Gasteiger partial charge in [-0.2, -0.15) is 0 Å². The highest BCUT2D eigenvalue weighted by molar-refractivity contribution is 14.0. The van der Waals surface area contributed by atoms with E-state index in [1.54, 1.807) is 0 Å². The van der Waals surface area contributed by atoms with Gasteiger partial charge in [0.05, 0.1) is 6.17 Å². The number of ether oxygens (including phenoxy) is 1. The highest BCUT2D eigenvalue weighted by atomic mass is 127. The van der Waals surface area contributed by atoms with Crippen molar-refractivity contribution in [1.29, 1.82) is 0 Å². The molecule has 19 heavy (non-hydrogen) atoms. The van der Waals surface area contributed by atoms with Gasteiger partial charge in [-0.25, -0.2) is 0 Å². The first-order valence-corrected chi connectivity index (χ1v) is 6.52. The molecule has 0 aromatic heterocycles. The Morgan fingerprint density at radius 1 is 1.37 bits per heavy atom. The van der Waals surface area contributed by atoms with E-state index in [1.165, 1.54) is 19.4 Å². The van der Waals surface area contributed by atoms with Crippen molar-refractivity contribution < 1.29 is 11.0 Å². The quantitative estimate of drug-likeness (QED) is 0.498. The van der Waals surface area contributed by atoms with Crippen LogP contribution in [0.1, 0.15) is 35.0 Å². The second-order valence-electron chi connectivity index (χ2n) is 5.48. The van der Waals surface area contributed by atoms with E-state index in [0.29, 0.717) is 18.7 Å². The highest BCUT2D eigenvalue weighted by Crippen LogP contribution is 2.08. The van der Waals surface area contributed by atoms with Gasteiger partial charge < -0.3 is 15.4 Å². The molecule has 0 aromatic rings. The van der Waals surface area contributed by atoms with Gasteiger partial charge in [0.2, 0.25) is 0 Å². The number of hydrogen-bond donors (Lipinski definition) is 3. The van der Waals surface area contributed by atoms with Crippen molar-refractivity contribution in [3.63, 3.8) is 0 Å². The summed E-state index contributed by atoms with van der Waals surface area (Å²) >= 11 is 0. The highest BCUT2D eigenvalue weighted by Gasteiger charge is 2.23. The number of carbonyl (C=O) groups is 1. The third-order valence-electron chi connectivity index (χ3n) is 2.75. The monoisotopic (exact) mass is 385 g/mol. The van der Waals surface area contributed by atoms with Crippen molar-refractivity contribution in [2.24, 2.45) is 0 Å². The van der Waals surface area contributed by atoms with E-state index in [9.17, 15) is 4.79 Å². The molecular weight excluding hydrogens is 357 g/mol. The van der Waals surface area contributed by atoms with Crippen LogP contribution in [-0.4, -0.2) is 37.4 Å². The van der Waals surface area contributed by atoms with E-state index in [4.69, 9.17) is 0 Å². The van der Waals surface area contributed by atoms with Crippen LogP contribution in [-0.2, 0) is 9.53 Å². The SMILES string of the molecule is C1=CNC([C@@H]2CCCN2)NC1.CC(C)(C)OC=O.I.[HH]. The Bertz CT molecular complexity index is 279. The molecule has 0 amide bonds. The van der Waals surface area contributed by atoms with E-state index in [1.807, 2.05) is 27.0 Å². The van der Waals surface area contributed by atoms with Gasteiger partial charge in [0.1, 0.15) is 5.60 Å². The van der Waals surface area contributed by atoms with Gasteiger partial charge in [-0.15, -0.1) is 24.0 Å². The van der Waals surface area contributed by atoms with Crippen LogP contribution in [0, 0.1) is 0 Å². The Morgan fingerprint density at radius 2 is 2.11 bits per heavy atom. The summed E-state index contributed by atoms with van der Waals surface area (Å²) in [5.74, 6) is 0. The normalized spacial score (nSPS) is 25.4. The molecule has 2 atom stereocenters. The number of carbonyl (C=O) groups excluding carboxylic acids is 1. The van der Waals surface area contributed by atoms with E-state index >= 15 is 0 Å². The average molecular weight is 385 g/mol. The largest absolute Gasteiger partial charge is 0.462 e. The van der Waals surface area contributed by atoms with Crippen molar-refractivity contribution in [2.45, 2.75) is 51.4 Å². The zero-order valence-corrected chi connectivity index (χ0v) is 14.3. The van der Waals surface area contributed by atoms with E-state index in [0.717, 1.165) is 6.54 Å². The number of nitrogens with one attached hydrogen (secondary N) is 3. The molecule has 6 heteroatoms. The van der Waals surface area contributed by atoms with Crippen LogP contribution in [0.15, 0.2) is 12.3 Å². The van der Waals surface area contributed by atoms with Crippen LogP contribution in [0.2, 0.25) is 0 Å². The maximum atomic E-state index is 9.60. The topological polar surface area (TPSA) is 62.4 Å². The number of rotatable bonds is 2. The molecule has 0 saturated carbocycles. The Labute approximate surface area is 134 Å². The fourth-order valence-electron chi connectivity index (χ4n) is 1.88. The Morgan fingerprint density at radius 3 is 2.47 bits per heavy atom. The maximum Gasteiger partial charge on any atom is 0.293 e. The first kappa shape index (κ1) is 18.7. The fraction of sp³-hybridized carbons (Fsp3) is 0.769. The van der Waals surface area contributed by atoms with Crippen LogP contribution < -0.4 is 16.0 Å². The molecule has 0 aliphatic carbocycles. The summed E-state index contributed by atoms with van der Waals surface area (Å²) < 4.78 is 4.55. The molecule has 1 fully saturated rings. The van der Waals surface area contributed by atoms with Crippen molar-refractivity contribution in [3.8, 4) is 0 Å². The molecule has 0 aromatic carbocycles. The van der Waals surface area contributed by atoms with Gasteiger partial charge in [-0.3, -0.25) is 10.1 Å². The minimum atomic E-state index is -0.318. The van der Waals surface area contributed by atoms with Crippen molar-refractivity contribution in [2.75, 3.05) is 13.1 Å². The minimum Gasteiger partial charge on any atom is -0.462 e. The standard InChI is InChI=1S/C8H15N3.C5H10O2.HI.H2/c1-3-7(9-4-1)8-10-5-2-6-11-8;1-5(2,3)7-4-6;;/h2,5,7-11H,1,3-4,6H2;4H,1-3H3;2*1H/t7-,8?;;;/m0.../s1. The van der Waals surface area contributed by atoms with Gasteiger partial charge >= 0.3 is 0 Å². The van der Waals surface area contributed by atoms with Crippen LogP contribution >= 0.6 is 24.0 Å². The second-order valence-corrected chi connectivity index (χ2v) is 5.48. The summed E-state index contributed by atoms with van der Waals surface area (Å²) in [5.41, 5.74) is -0.318. The van der Waals surface area contributed by atoms with Crippen LogP contribution in [0.4, 0.5) is 0 Å². The number of halogens is 1. The van der Waals surface area contributed by atoms with E-state index in [2.05, 4.69) is 26.8 Å². The third kappa shape index (κ3) is 8.43. The van der Waals surface area contributed by atoms with E-state index < -0.39 is 0 Å². The molecule has 1 saturated heterocycles. The van der Waals surface area contributed by atoms with Gasteiger partial charge in [-0.1, -0.05) is 6.08 Å². The minimum absolute atomic E-state index is 0. The molecule has 0 spiro atoms. The summed E-state index contributed by atoms with van der Waals surface area (Å²) in [7, 11) is 0. The summed E-state index contributed by atoms with van der Waals surface area (Å²) in [4.78, 5) is 9.60. The fourth-order valence-corrected chi connectivity index (χ4v) is 1.88. The van der Waals surface area contributed by atoms with Gasteiger partial charge in [0, 0.05) is 14.0 Å². The van der Waals surface area contributed by atoms with Crippen LogP contribution in [0.3, 0.4) is 0 Å². The predicted molar refractivity (Wildman–Crippen MR) is 89.5 cm³/mol. The van der Waals surface area contributed by atoms with Crippen molar-refractivity contribution >= 4 is 30.4 Å². The van der Waals surface area contributed by atoms with Gasteiger partial charge in [0.15, 0.2) is 0 Å². The Kier molecular flexibility index (Phi) is 9.38. The molecule has 3 N–H and O–H groups in total. The molecule has 2 aliphatic heterocycles. The van der Waals surface area contributed by atoms with Crippen molar-refractivity contribution in [3.05, 3.63) is 12.3 Å². The molecule has 0 radical (unpaired) electrons. The first-order chi connectivity index (χ1) is 8.53. The zero-order chi connectivity index (χ0) is 13.4. The van der Waals surface area contributed by atoms with Gasteiger partial charge in [-0.05, 0) is 46.4 Å². The lowest BCUT2D eigenvalue weighted by Gasteiger charge is -2.27. The summed E-state index contributed by atoms with van der Waals surface area (Å²) in [5, 5.41) is 10.2. The molecule has 0 bridgehead atoms. The molecule has 2 heterocycles. The lowest BCUT2D eigenvalue weighted by molar-refractivity contribution is -0.138. The summed E-state index contributed by atoms with van der Waals surface area (Å²) in [6.07, 6.45) is 7.20. The first-order valence-electron chi connectivity index (χ1n) is 6.52. The molecule has 5 nitrogen and oxygen atoms in total. The van der Waals surface area contributed by atoms with Crippen LogP contribution in [0.25, 0.3) is 0 Å². The predicted octanol–water partition coefficient (Wildman–Crippen LogP) is 1.59. The average Bonchev–Trinajstić information content (AvgIpc) is 2.83. The lowest BCUT2D eigenvalue weighted by atomic mass is 10.1. The second kappa shape index (κ2) is 9.55. The van der Waals surface area contributed by atoms with Crippen LogP contribution in [0.5, 0.6) is 0 Å². The van der Waals surface area contributed by atoms with Crippen molar-refractivity contribution in [1.82, 2.24) is 16.0 Å². The Balaban J connectivity index is 0. The van der Waals surface area contributed by atoms with E-state index in [-0.39, 0.29) is 31.0 Å². The lowest BCUT2D eigenvalue weighted by Crippen LogP contribution is -2.54. The zero-order valence-electron chi connectivity index (χ0n) is 11.9. The molecule has 2 rings (SSSR count). The molecule has 2 aliphatic rings. The summed E-state index contributed by atoms with van der Waals surface area (Å²) in [6.45, 7) is 8.09. The molecular formula is C13H28IN3O2. The molecule has 1 unspecified atom stereocenters. The molecule has 114 valence electrons. The maximum absolute atomic E-state index is 9.60. The summed E-state index contributed by atoms with van der Waals surface area (Å²) in [6, 6.07) is 0.625. The van der Waals surface area contributed by atoms with Gasteiger partial charge in [0.25, 0.3) is 6.47 Å². The Hall–Kier alpha value is -0.340. The number of hydrogen-bond acceptors (Lipinski definition) is 5. The third-order valence-corrected chi connectivity index (χ3v) is 2.75.